The van der Waals surface area contributed by atoms with E-state index >= 15 is 0 Å². The Balaban J connectivity index is 2.14. The highest BCUT2D eigenvalue weighted by Gasteiger charge is 2.06. The van der Waals surface area contributed by atoms with Gasteiger partial charge in [-0.2, -0.15) is 5.10 Å². The summed E-state index contributed by atoms with van der Waals surface area (Å²) >= 11 is 0. The molecule has 0 aliphatic carbocycles. The van der Waals surface area contributed by atoms with Gasteiger partial charge in [0.1, 0.15) is 0 Å². The van der Waals surface area contributed by atoms with Gasteiger partial charge in [0.2, 0.25) is 0 Å². The molecule has 0 aliphatic heterocycles. The number of nitrogens with zero attached hydrogens (tertiary/aromatic N) is 2. The van der Waals surface area contributed by atoms with Crippen molar-refractivity contribution in [2.75, 3.05) is 5.32 Å². The van der Waals surface area contributed by atoms with E-state index < -0.39 is 0 Å². The molecule has 0 atom stereocenters. The second-order valence-electron chi connectivity index (χ2n) is 3.73. The topological polar surface area (TPSA) is 46.9 Å². The van der Waals surface area contributed by atoms with Crippen LogP contribution in [0.2, 0.25) is 0 Å². The van der Waals surface area contributed by atoms with E-state index in [4.69, 9.17) is 0 Å². The number of aryl methyl sites for hydroxylation is 2. The van der Waals surface area contributed by atoms with Gasteiger partial charge in [0.05, 0.1) is 11.9 Å². The van der Waals surface area contributed by atoms with Gasteiger partial charge in [-0.05, 0) is 19.1 Å². The molecule has 4 heteroatoms. The van der Waals surface area contributed by atoms with Crippen LogP contribution in [0.25, 0.3) is 0 Å². The summed E-state index contributed by atoms with van der Waals surface area (Å²) in [6.45, 7) is 1.96. The molecule has 0 radical (unpaired) electrons. The molecule has 1 N–H and O–H groups in total. The van der Waals surface area contributed by atoms with E-state index in [1.807, 2.05) is 32.2 Å². The van der Waals surface area contributed by atoms with Gasteiger partial charge in [-0.3, -0.25) is 9.48 Å². The molecule has 2 aromatic rings. The average molecular weight is 215 g/mol. The molecule has 0 fully saturated rings. The number of carbonyl (C=O) groups is 1. The average Bonchev–Trinajstić information content (AvgIpc) is 2.64. The summed E-state index contributed by atoms with van der Waals surface area (Å²) in [5.74, 6) is -0.114. The normalized spacial score (nSPS) is 10.1. The number of nitrogens with one attached hydrogen (secondary N) is 1. The fourth-order valence-corrected chi connectivity index (χ4v) is 1.48. The molecule has 4 nitrogen and oxygen atoms in total. The summed E-state index contributed by atoms with van der Waals surface area (Å²) in [6.07, 6.45) is 3.38. The van der Waals surface area contributed by atoms with E-state index in [9.17, 15) is 4.79 Å². The SMILES string of the molecule is Cc1cccc(C(=O)Nc2cnn(C)c2)c1. The van der Waals surface area contributed by atoms with Crippen molar-refractivity contribution in [3.8, 4) is 0 Å². The fraction of sp³-hybridized carbons (Fsp3) is 0.167. The molecule has 1 amide bonds. The Labute approximate surface area is 93.9 Å². The summed E-state index contributed by atoms with van der Waals surface area (Å²) in [5.41, 5.74) is 2.43. The van der Waals surface area contributed by atoms with E-state index in [1.54, 1.807) is 23.1 Å². The Morgan fingerprint density at radius 2 is 2.25 bits per heavy atom. The molecular weight excluding hydrogens is 202 g/mol. The molecule has 0 aliphatic rings. The number of hydrogen-bond donors (Lipinski definition) is 1. The van der Waals surface area contributed by atoms with Crippen molar-refractivity contribution < 1.29 is 4.79 Å². The molecule has 0 unspecified atom stereocenters. The van der Waals surface area contributed by atoms with E-state index in [0.29, 0.717) is 11.3 Å². The number of benzene rings is 1. The van der Waals surface area contributed by atoms with Gasteiger partial charge >= 0.3 is 0 Å². The second-order valence-corrected chi connectivity index (χ2v) is 3.73. The molecule has 82 valence electrons. The minimum Gasteiger partial charge on any atom is -0.319 e. The fourth-order valence-electron chi connectivity index (χ4n) is 1.48. The quantitative estimate of drug-likeness (QED) is 0.832. The van der Waals surface area contributed by atoms with E-state index in [-0.39, 0.29) is 5.91 Å². The first kappa shape index (κ1) is 10.4. The number of amides is 1. The van der Waals surface area contributed by atoms with E-state index in [1.165, 1.54) is 0 Å². The van der Waals surface area contributed by atoms with Crippen LogP contribution >= 0.6 is 0 Å². The minimum atomic E-state index is -0.114. The zero-order valence-corrected chi connectivity index (χ0v) is 9.27. The first-order chi connectivity index (χ1) is 7.65. The van der Waals surface area contributed by atoms with Gasteiger partial charge in [-0.15, -0.1) is 0 Å². The molecule has 0 bridgehead atoms. The first-order valence-electron chi connectivity index (χ1n) is 5.02. The molecule has 0 spiro atoms. The monoisotopic (exact) mass is 215 g/mol. The number of hydrogen-bond acceptors (Lipinski definition) is 2. The van der Waals surface area contributed by atoms with Gasteiger partial charge in [0, 0.05) is 18.8 Å². The summed E-state index contributed by atoms with van der Waals surface area (Å²) in [5, 5.41) is 6.77. The predicted molar refractivity (Wildman–Crippen MR) is 62.3 cm³/mol. The van der Waals surface area contributed by atoms with Crippen molar-refractivity contribution in [2.45, 2.75) is 6.92 Å². The van der Waals surface area contributed by atoms with Crippen molar-refractivity contribution in [1.29, 1.82) is 0 Å². The lowest BCUT2D eigenvalue weighted by Crippen LogP contribution is -2.11. The lowest BCUT2D eigenvalue weighted by molar-refractivity contribution is 0.102. The summed E-state index contributed by atoms with van der Waals surface area (Å²) in [7, 11) is 1.81. The third kappa shape index (κ3) is 2.28. The van der Waals surface area contributed by atoms with Gasteiger partial charge < -0.3 is 5.32 Å². The van der Waals surface area contributed by atoms with Crippen molar-refractivity contribution in [3.05, 3.63) is 47.8 Å². The van der Waals surface area contributed by atoms with Crippen molar-refractivity contribution in [2.24, 2.45) is 7.05 Å². The van der Waals surface area contributed by atoms with Crippen LogP contribution in [0.15, 0.2) is 36.7 Å². The van der Waals surface area contributed by atoms with Gasteiger partial charge in [0.15, 0.2) is 0 Å². The summed E-state index contributed by atoms with van der Waals surface area (Å²) < 4.78 is 1.64. The Morgan fingerprint density at radius 3 is 2.88 bits per heavy atom. The zero-order chi connectivity index (χ0) is 11.5. The maximum atomic E-state index is 11.8. The Bertz CT molecular complexity index is 516. The Hall–Kier alpha value is -2.10. The summed E-state index contributed by atoms with van der Waals surface area (Å²) in [6, 6.07) is 7.47. The highest BCUT2D eigenvalue weighted by atomic mass is 16.1. The smallest absolute Gasteiger partial charge is 0.255 e. The van der Waals surface area contributed by atoms with Crippen LogP contribution in [0.3, 0.4) is 0 Å². The maximum Gasteiger partial charge on any atom is 0.255 e. The third-order valence-corrected chi connectivity index (χ3v) is 2.24. The molecule has 16 heavy (non-hydrogen) atoms. The van der Waals surface area contributed by atoms with Gasteiger partial charge in [-0.1, -0.05) is 17.7 Å². The minimum absolute atomic E-state index is 0.114. The highest BCUT2D eigenvalue weighted by molar-refractivity contribution is 6.04. The molecule has 2 rings (SSSR count). The lowest BCUT2D eigenvalue weighted by atomic mass is 10.1. The highest BCUT2D eigenvalue weighted by Crippen LogP contribution is 2.09. The predicted octanol–water partition coefficient (Wildman–Crippen LogP) is 1.98. The molecule has 0 saturated heterocycles. The second kappa shape index (κ2) is 4.18. The standard InChI is InChI=1S/C12H13N3O/c1-9-4-3-5-10(6-9)12(16)14-11-7-13-15(2)8-11/h3-8H,1-2H3,(H,14,16). The first-order valence-corrected chi connectivity index (χ1v) is 5.02. The molecule has 0 saturated carbocycles. The number of anilines is 1. The Morgan fingerprint density at radius 1 is 1.44 bits per heavy atom. The van der Waals surface area contributed by atoms with Crippen molar-refractivity contribution in [1.82, 2.24) is 9.78 Å². The van der Waals surface area contributed by atoms with Crippen LogP contribution in [0.1, 0.15) is 15.9 Å². The lowest BCUT2D eigenvalue weighted by Gasteiger charge is -2.02. The van der Waals surface area contributed by atoms with Crippen LogP contribution in [-0.4, -0.2) is 15.7 Å². The van der Waals surface area contributed by atoms with Crippen molar-refractivity contribution >= 4 is 11.6 Å². The van der Waals surface area contributed by atoms with Crippen LogP contribution in [0, 0.1) is 6.92 Å². The summed E-state index contributed by atoms with van der Waals surface area (Å²) in [4.78, 5) is 11.8. The van der Waals surface area contributed by atoms with Crippen LogP contribution in [0.4, 0.5) is 5.69 Å². The van der Waals surface area contributed by atoms with Crippen LogP contribution < -0.4 is 5.32 Å². The third-order valence-electron chi connectivity index (χ3n) is 2.24. The van der Waals surface area contributed by atoms with E-state index in [2.05, 4.69) is 10.4 Å². The van der Waals surface area contributed by atoms with Crippen LogP contribution in [-0.2, 0) is 7.05 Å². The number of carbonyl (C=O) groups excluding carboxylic acids is 1. The molecule has 1 aromatic carbocycles. The van der Waals surface area contributed by atoms with Crippen molar-refractivity contribution in [3.63, 3.8) is 0 Å². The number of aromatic nitrogens is 2. The maximum absolute atomic E-state index is 11.8. The largest absolute Gasteiger partial charge is 0.319 e. The molecule has 1 aromatic heterocycles. The van der Waals surface area contributed by atoms with E-state index in [0.717, 1.165) is 5.56 Å². The Kier molecular flexibility index (Phi) is 2.72. The number of rotatable bonds is 2. The molecule has 1 heterocycles. The van der Waals surface area contributed by atoms with Gasteiger partial charge in [0.25, 0.3) is 5.91 Å². The van der Waals surface area contributed by atoms with Crippen LogP contribution in [0.5, 0.6) is 0 Å². The molecular formula is C12H13N3O. The zero-order valence-electron chi connectivity index (χ0n) is 9.27. The van der Waals surface area contributed by atoms with Gasteiger partial charge in [-0.25, -0.2) is 0 Å².